The first-order valence-corrected chi connectivity index (χ1v) is 10.5. The number of nitrogens with zero attached hydrogens (tertiary/aromatic N) is 2. The van der Waals surface area contributed by atoms with Crippen LogP contribution in [0.25, 0.3) is 5.70 Å². The number of hydrogen-bond acceptors (Lipinski definition) is 3. The van der Waals surface area contributed by atoms with Crippen molar-refractivity contribution >= 4 is 11.7 Å². The molecule has 0 saturated carbocycles. The summed E-state index contributed by atoms with van der Waals surface area (Å²) >= 11 is 0. The first-order valence-electron chi connectivity index (χ1n) is 10.5. The Bertz CT molecular complexity index is 637. The third-order valence-corrected chi connectivity index (χ3v) is 5.17. The normalized spacial score (nSPS) is 13.7. The lowest BCUT2D eigenvalue weighted by molar-refractivity contribution is 0.0696. The van der Waals surface area contributed by atoms with E-state index in [9.17, 15) is 9.90 Å². The van der Waals surface area contributed by atoms with Crippen LogP contribution >= 0.6 is 0 Å². The molecule has 0 atom stereocenters. The molecule has 148 valence electrons. The Balaban J connectivity index is 1.74. The highest BCUT2D eigenvalue weighted by Crippen LogP contribution is 2.25. The van der Waals surface area contributed by atoms with Gasteiger partial charge in [0.1, 0.15) is 0 Å². The molecule has 0 amide bonds. The van der Waals surface area contributed by atoms with Gasteiger partial charge >= 0.3 is 5.97 Å². The van der Waals surface area contributed by atoms with E-state index >= 15 is 0 Å². The first kappa shape index (κ1) is 21.2. The number of carbonyl (C=O) groups is 1. The van der Waals surface area contributed by atoms with Crippen molar-refractivity contribution in [3.05, 3.63) is 47.8 Å². The van der Waals surface area contributed by atoms with Crippen LogP contribution in [-0.2, 0) is 0 Å². The molecule has 0 saturated heterocycles. The Morgan fingerprint density at radius 3 is 2.41 bits per heavy atom. The molecule has 0 fully saturated rings. The van der Waals surface area contributed by atoms with Gasteiger partial charge in [0, 0.05) is 36.7 Å². The van der Waals surface area contributed by atoms with Gasteiger partial charge in [-0.1, -0.05) is 76.9 Å². The summed E-state index contributed by atoms with van der Waals surface area (Å²) in [5.74, 6) is -0.901. The highest BCUT2D eigenvalue weighted by atomic mass is 16.4. The molecule has 0 aliphatic carbocycles. The summed E-state index contributed by atoms with van der Waals surface area (Å²) in [6, 6.07) is 1.58. The molecule has 1 aliphatic heterocycles. The van der Waals surface area contributed by atoms with E-state index in [1.807, 2.05) is 12.2 Å². The van der Waals surface area contributed by atoms with Crippen molar-refractivity contribution in [1.29, 1.82) is 0 Å². The third kappa shape index (κ3) is 7.20. The second-order valence-electron chi connectivity index (χ2n) is 7.33. The SMILES string of the molecule is CCCCCCCCCCCCN1CC=CC=C1c1cnccc1C(=O)O. The quantitative estimate of drug-likeness (QED) is 0.438. The summed E-state index contributed by atoms with van der Waals surface area (Å²) in [5, 5.41) is 9.46. The van der Waals surface area contributed by atoms with Crippen molar-refractivity contribution in [2.45, 2.75) is 71.1 Å². The van der Waals surface area contributed by atoms with E-state index in [1.165, 1.54) is 57.8 Å². The molecule has 1 aromatic heterocycles. The Kier molecular flexibility index (Phi) is 9.67. The molecule has 1 aliphatic rings. The van der Waals surface area contributed by atoms with Gasteiger partial charge in [0.25, 0.3) is 0 Å². The van der Waals surface area contributed by atoms with Crippen LogP contribution < -0.4 is 0 Å². The van der Waals surface area contributed by atoms with Gasteiger partial charge in [-0.05, 0) is 18.6 Å². The average Bonchev–Trinajstić information content (AvgIpc) is 2.69. The molecule has 0 bridgehead atoms. The number of hydrogen-bond donors (Lipinski definition) is 1. The number of rotatable bonds is 13. The summed E-state index contributed by atoms with van der Waals surface area (Å²) in [6.45, 7) is 4.05. The van der Waals surface area contributed by atoms with Crippen molar-refractivity contribution in [3.63, 3.8) is 0 Å². The van der Waals surface area contributed by atoms with E-state index < -0.39 is 5.97 Å². The van der Waals surface area contributed by atoms with Gasteiger partial charge in [0.2, 0.25) is 0 Å². The molecule has 2 rings (SSSR count). The number of carboxylic acid groups (broad SMARTS) is 1. The number of pyridine rings is 1. The number of allylic oxidation sites excluding steroid dienone is 2. The molecule has 4 heteroatoms. The van der Waals surface area contributed by atoms with E-state index in [1.54, 1.807) is 18.5 Å². The fourth-order valence-corrected chi connectivity index (χ4v) is 3.60. The van der Waals surface area contributed by atoms with Crippen LogP contribution in [0.3, 0.4) is 0 Å². The van der Waals surface area contributed by atoms with Crippen molar-refractivity contribution < 1.29 is 9.90 Å². The van der Waals surface area contributed by atoms with Gasteiger partial charge < -0.3 is 10.0 Å². The fraction of sp³-hybridized carbons (Fsp3) is 0.565. The summed E-state index contributed by atoms with van der Waals surface area (Å²) in [5.41, 5.74) is 2.00. The topological polar surface area (TPSA) is 53.4 Å². The Morgan fingerprint density at radius 1 is 1.07 bits per heavy atom. The van der Waals surface area contributed by atoms with E-state index in [-0.39, 0.29) is 0 Å². The maximum absolute atomic E-state index is 11.5. The van der Waals surface area contributed by atoms with Gasteiger partial charge in [-0.3, -0.25) is 4.98 Å². The van der Waals surface area contributed by atoms with Crippen LogP contribution in [0.5, 0.6) is 0 Å². The van der Waals surface area contributed by atoms with Crippen LogP contribution in [-0.4, -0.2) is 34.0 Å². The minimum Gasteiger partial charge on any atom is -0.478 e. The molecule has 1 aromatic rings. The molecule has 27 heavy (non-hydrogen) atoms. The maximum atomic E-state index is 11.5. The number of unbranched alkanes of at least 4 members (excludes halogenated alkanes) is 9. The lowest BCUT2D eigenvalue weighted by atomic mass is 10.0. The van der Waals surface area contributed by atoms with E-state index in [4.69, 9.17) is 0 Å². The monoisotopic (exact) mass is 370 g/mol. The maximum Gasteiger partial charge on any atom is 0.336 e. The van der Waals surface area contributed by atoms with Gasteiger partial charge in [-0.2, -0.15) is 0 Å². The Morgan fingerprint density at radius 2 is 1.74 bits per heavy atom. The molecule has 0 spiro atoms. The van der Waals surface area contributed by atoms with Crippen LogP contribution in [0.1, 0.15) is 87.1 Å². The Labute approximate surface area is 164 Å². The van der Waals surface area contributed by atoms with E-state index in [0.29, 0.717) is 11.1 Å². The van der Waals surface area contributed by atoms with Gasteiger partial charge in [-0.15, -0.1) is 0 Å². The molecule has 0 unspecified atom stereocenters. The molecular weight excluding hydrogens is 336 g/mol. The largest absolute Gasteiger partial charge is 0.478 e. The summed E-state index contributed by atoms with van der Waals surface area (Å²) in [4.78, 5) is 17.9. The summed E-state index contributed by atoms with van der Waals surface area (Å²) in [6.07, 6.45) is 22.5. The third-order valence-electron chi connectivity index (χ3n) is 5.17. The molecule has 0 radical (unpaired) electrons. The van der Waals surface area contributed by atoms with Crippen molar-refractivity contribution in [2.75, 3.05) is 13.1 Å². The van der Waals surface area contributed by atoms with Crippen LogP contribution in [0.2, 0.25) is 0 Å². The number of carboxylic acids is 1. The van der Waals surface area contributed by atoms with Crippen molar-refractivity contribution in [2.24, 2.45) is 0 Å². The summed E-state index contributed by atoms with van der Waals surface area (Å²) < 4.78 is 0. The second kappa shape index (κ2) is 12.3. The van der Waals surface area contributed by atoms with E-state index in [0.717, 1.165) is 25.2 Å². The average molecular weight is 371 g/mol. The standard InChI is InChI=1S/C23H34N2O2/c1-2-3-4-5-6-7-8-9-10-12-17-25-18-13-11-14-22(25)21-19-24-16-15-20(21)23(26)27/h11,13-16,19H,2-10,12,17-18H2,1H3,(H,26,27). The van der Waals surface area contributed by atoms with Gasteiger partial charge in [0.05, 0.1) is 5.56 Å². The predicted octanol–water partition coefficient (Wildman–Crippen LogP) is 5.91. The lowest BCUT2D eigenvalue weighted by Gasteiger charge is -2.29. The fourth-order valence-electron chi connectivity index (χ4n) is 3.60. The Hall–Kier alpha value is -2.10. The molecular formula is C23H34N2O2. The zero-order chi connectivity index (χ0) is 19.3. The number of aromatic nitrogens is 1. The first-order chi connectivity index (χ1) is 13.2. The highest BCUT2D eigenvalue weighted by molar-refractivity contribution is 5.93. The molecule has 1 N–H and O–H groups in total. The minimum atomic E-state index is -0.901. The predicted molar refractivity (Wildman–Crippen MR) is 112 cm³/mol. The second-order valence-corrected chi connectivity index (χ2v) is 7.33. The smallest absolute Gasteiger partial charge is 0.336 e. The minimum absolute atomic E-state index is 0.319. The van der Waals surface area contributed by atoms with Gasteiger partial charge in [0.15, 0.2) is 0 Å². The zero-order valence-electron chi connectivity index (χ0n) is 16.7. The van der Waals surface area contributed by atoms with Crippen LogP contribution in [0.15, 0.2) is 36.7 Å². The highest BCUT2D eigenvalue weighted by Gasteiger charge is 2.18. The van der Waals surface area contributed by atoms with Crippen LogP contribution in [0.4, 0.5) is 0 Å². The van der Waals surface area contributed by atoms with E-state index in [2.05, 4.69) is 22.9 Å². The molecule has 4 nitrogen and oxygen atoms in total. The molecule has 2 heterocycles. The van der Waals surface area contributed by atoms with Crippen molar-refractivity contribution in [3.8, 4) is 0 Å². The lowest BCUT2D eigenvalue weighted by Crippen LogP contribution is -2.26. The zero-order valence-corrected chi connectivity index (χ0v) is 16.7. The van der Waals surface area contributed by atoms with Crippen molar-refractivity contribution in [1.82, 2.24) is 9.88 Å². The van der Waals surface area contributed by atoms with Gasteiger partial charge in [-0.25, -0.2) is 4.79 Å². The summed E-state index contributed by atoms with van der Waals surface area (Å²) in [7, 11) is 0. The number of aromatic carboxylic acids is 1. The molecule has 0 aromatic carbocycles. The van der Waals surface area contributed by atoms with Crippen LogP contribution in [0, 0.1) is 0 Å².